The first-order chi connectivity index (χ1) is 6.63. The monoisotopic (exact) mass is 212 g/mol. The topological polar surface area (TPSA) is 61.4 Å². The first kappa shape index (κ1) is 10.4. The van der Waals surface area contributed by atoms with E-state index in [9.17, 15) is 9.90 Å². The van der Waals surface area contributed by atoms with Crippen LogP contribution in [-0.4, -0.2) is 11.1 Å². The summed E-state index contributed by atoms with van der Waals surface area (Å²) in [6, 6.07) is 3.87. The average Bonchev–Trinajstić information content (AvgIpc) is 2.12. The molecular weight excluding hydrogens is 204 g/mol. The van der Waals surface area contributed by atoms with Crippen LogP contribution in [0.3, 0.4) is 0 Å². The van der Waals surface area contributed by atoms with E-state index in [0.717, 1.165) is 0 Å². The van der Waals surface area contributed by atoms with Crippen molar-refractivity contribution in [3.63, 3.8) is 0 Å². The molecule has 5 heteroatoms. The molecule has 0 bridgehead atoms. The van der Waals surface area contributed by atoms with E-state index in [1.807, 2.05) is 0 Å². The van der Waals surface area contributed by atoms with E-state index in [0.29, 0.717) is 5.02 Å². The molecule has 0 fully saturated rings. The van der Waals surface area contributed by atoms with Gasteiger partial charge in [-0.1, -0.05) is 18.2 Å². The number of carbonyl (C=O) groups is 1. The Morgan fingerprint density at radius 2 is 2.29 bits per heavy atom. The minimum Gasteiger partial charge on any atom is -0.506 e. The molecule has 0 atom stereocenters. The van der Waals surface area contributed by atoms with E-state index in [4.69, 9.17) is 11.6 Å². The highest BCUT2D eigenvalue weighted by molar-refractivity contribution is 6.31. The van der Waals surface area contributed by atoms with E-state index in [1.165, 1.54) is 24.4 Å². The third-order valence-electron chi connectivity index (χ3n) is 1.44. The van der Waals surface area contributed by atoms with Gasteiger partial charge in [0.05, 0.1) is 5.69 Å². The molecule has 74 valence electrons. The zero-order valence-electron chi connectivity index (χ0n) is 7.25. The second-order valence-corrected chi connectivity index (χ2v) is 2.90. The second-order valence-electron chi connectivity index (χ2n) is 2.46. The van der Waals surface area contributed by atoms with Crippen LogP contribution in [0.25, 0.3) is 0 Å². The number of amides is 2. The molecule has 0 aliphatic rings. The third kappa shape index (κ3) is 2.67. The maximum Gasteiger partial charge on any atom is 0.323 e. The van der Waals surface area contributed by atoms with Gasteiger partial charge in [-0.2, -0.15) is 0 Å². The summed E-state index contributed by atoms with van der Waals surface area (Å²) in [5, 5.41) is 14.4. The molecule has 3 N–H and O–H groups in total. The molecule has 0 aliphatic heterocycles. The van der Waals surface area contributed by atoms with Crippen LogP contribution in [0.15, 0.2) is 31.0 Å². The van der Waals surface area contributed by atoms with Crippen molar-refractivity contribution in [3.8, 4) is 5.75 Å². The molecule has 0 heterocycles. The van der Waals surface area contributed by atoms with Crippen LogP contribution in [0.1, 0.15) is 0 Å². The number of carbonyl (C=O) groups excluding carboxylic acids is 1. The van der Waals surface area contributed by atoms with Gasteiger partial charge in [-0.05, 0) is 24.4 Å². The van der Waals surface area contributed by atoms with Crippen LogP contribution in [-0.2, 0) is 0 Å². The lowest BCUT2D eigenvalue weighted by Gasteiger charge is -2.06. The fraction of sp³-hybridized carbons (Fsp3) is 0. The van der Waals surface area contributed by atoms with Gasteiger partial charge in [0.15, 0.2) is 0 Å². The number of phenols is 1. The van der Waals surface area contributed by atoms with Crippen LogP contribution in [0.2, 0.25) is 5.02 Å². The van der Waals surface area contributed by atoms with E-state index >= 15 is 0 Å². The van der Waals surface area contributed by atoms with Crippen LogP contribution in [0.4, 0.5) is 10.5 Å². The summed E-state index contributed by atoms with van der Waals surface area (Å²) in [6.45, 7) is 3.32. The molecule has 0 spiro atoms. The maximum atomic E-state index is 11.0. The summed E-state index contributed by atoms with van der Waals surface area (Å²) >= 11 is 5.67. The van der Waals surface area contributed by atoms with E-state index in [-0.39, 0.29) is 11.4 Å². The number of halogens is 1. The number of hydrogen-bond acceptors (Lipinski definition) is 2. The van der Waals surface area contributed by atoms with Gasteiger partial charge in [-0.3, -0.25) is 0 Å². The molecule has 4 nitrogen and oxygen atoms in total. The van der Waals surface area contributed by atoms with Crippen molar-refractivity contribution in [2.24, 2.45) is 0 Å². The second kappa shape index (κ2) is 4.53. The van der Waals surface area contributed by atoms with E-state index in [1.54, 1.807) is 0 Å². The lowest BCUT2D eigenvalue weighted by molar-refractivity contribution is 0.255. The quantitative estimate of drug-likeness (QED) is 0.659. The number of benzene rings is 1. The fourth-order valence-electron chi connectivity index (χ4n) is 0.859. The summed E-state index contributed by atoms with van der Waals surface area (Å²) in [5.74, 6) is -0.0476. The number of anilines is 1. The molecular formula is C9H9ClN2O2. The van der Waals surface area contributed by atoms with Crippen molar-refractivity contribution < 1.29 is 9.90 Å². The van der Waals surface area contributed by atoms with Crippen molar-refractivity contribution >= 4 is 23.3 Å². The van der Waals surface area contributed by atoms with Crippen molar-refractivity contribution in [1.29, 1.82) is 0 Å². The summed E-state index contributed by atoms with van der Waals surface area (Å²) in [7, 11) is 0. The van der Waals surface area contributed by atoms with Gasteiger partial charge in [0.1, 0.15) is 5.75 Å². The predicted octanol–water partition coefficient (Wildman–Crippen LogP) is 2.31. The number of aromatic hydroxyl groups is 1. The molecule has 0 aliphatic carbocycles. The molecule has 0 saturated carbocycles. The van der Waals surface area contributed by atoms with Crippen molar-refractivity contribution in [3.05, 3.63) is 36.0 Å². The van der Waals surface area contributed by atoms with Crippen molar-refractivity contribution in [2.75, 3.05) is 5.32 Å². The van der Waals surface area contributed by atoms with E-state index < -0.39 is 6.03 Å². The average molecular weight is 213 g/mol. The SMILES string of the molecule is C=CNC(=O)Nc1cc(Cl)ccc1O. The summed E-state index contributed by atoms with van der Waals surface area (Å²) in [5.41, 5.74) is 0.247. The molecule has 1 rings (SSSR count). The smallest absolute Gasteiger partial charge is 0.323 e. The number of urea groups is 1. The Kier molecular flexibility index (Phi) is 3.36. The highest BCUT2D eigenvalue weighted by Gasteiger charge is 2.04. The Balaban J connectivity index is 2.80. The predicted molar refractivity (Wildman–Crippen MR) is 55.5 cm³/mol. The third-order valence-corrected chi connectivity index (χ3v) is 1.68. The lowest BCUT2D eigenvalue weighted by atomic mass is 10.3. The molecule has 2 amide bonds. The van der Waals surface area contributed by atoms with Gasteiger partial charge < -0.3 is 15.7 Å². The molecule has 1 aromatic carbocycles. The van der Waals surface area contributed by atoms with E-state index in [2.05, 4.69) is 17.2 Å². The zero-order valence-corrected chi connectivity index (χ0v) is 8.01. The Morgan fingerprint density at radius 1 is 1.57 bits per heavy atom. The fourth-order valence-corrected chi connectivity index (χ4v) is 1.03. The molecule has 1 aromatic rings. The first-order valence-corrected chi connectivity index (χ1v) is 4.18. The Morgan fingerprint density at radius 3 is 2.93 bits per heavy atom. The summed E-state index contributed by atoms with van der Waals surface area (Å²) in [6.07, 6.45) is 1.23. The molecule has 0 saturated heterocycles. The molecule has 14 heavy (non-hydrogen) atoms. The van der Waals surface area contributed by atoms with Crippen LogP contribution < -0.4 is 10.6 Å². The highest BCUT2D eigenvalue weighted by Crippen LogP contribution is 2.26. The van der Waals surface area contributed by atoms with Crippen molar-refractivity contribution in [1.82, 2.24) is 5.32 Å². The van der Waals surface area contributed by atoms with Gasteiger partial charge in [0.25, 0.3) is 0 Å². The molecule has 0 radical (unpaired) electrons. The Labute approximate surface area is 86.2 Å². The van der Waals surface area contributed by atoms with Gasteiger partial charge >= 0.3 is 6.03 Å². The number of nitrogens with one attached hydrogen (secondary N) is 2. The summed E-state index contributed by atoms with van der Waals surface area (Å²) in [4.78, 5) is 11.0. The minimum absolute atomic E-state index is 0.0476. The van der Waals surface area contributed by atoms with Crippen molar-refractivity contribution in [2.45, 2.75) is 0 Å². The number of rotatable bonds is 2. The minimum atomic E-state index is -0.488. The first-order valence-electron chi connectivity index (χ1n) is 3.80. The highest BCUT2D eigenvalue weighted by atomic mass is 35.5. The Bertz CT molecular complexity index is 366. The Hall–Kier alpha value is -1.68. The van der Waals surface area contributed by atoms with Gasteiger partial charge in [0, 0.05) is 5.02 Å². The largest absolute Gasteiger partial charge is 0.506 e. The number of hydrogen-bond donors (Lipinski definition) is 3. The molecule has 0 aromatic heterocycles. The standard InChI is InChI=1S/C9H9ClN2O2/c1-2-11-9(14)12-7-5-6(10)3-4-8(7)13/h2-5,13H,1H2,(H2,11,12,14). The summed E-state index contributed by atoms with van der Waals surface area (Å²) < 4.78 is 0. The van der Waals surface area contributed by atoms with Crippen LogP contribution >= 0.6 is 11.6 Å². The van der Waals surface area contributed by atoms with Crippen LogP contribution in [0, 0.1) is 0 Å². The normalized spacial score (nSPS) is 9.21. The van der Waals surface area contributed by atoms with Gasteiger partial charge in [-0.25, -0.2) is 4.79 Å². The molecule has 0 unspecified atom stereocenters. The van der Waals surface area contributed by atoms with Gasteiger partial charge in [-0.15, -0.1) is 0 Å². The van der Waals surface area contributed by atoms with Crippen LogP contribution in [0.5, 0.6) is 5.75 Å². The zero-order chi connectivity index (χ0) is 10.6. The number of phenolic OH excluding ortho intramolecular Hbond substituents is 1. The lowest BCUT2D eigenvalue weighted by Crippen LogP contribution is -2.23. The van der Waals surface area contributed by atoms with Gasteiger partial charge in [0.2, 0.25) is 0 Å². The maximum absolute atomic E-state index is 11.0.